The lowest BCUT2D eigenvalue weighted by molar-refractivity contribution is -0.137. The Kier molecular flexibility index (Phi) is 8.91. The van der Waals surface area contributed by atoms with Crippen molar-refractivity contribution in [3.05, 3.63) is 110 Å². The van der Waals surface area contributed by atoms with Crippen molar-refractivity contribution in [2.45, 2.75) is 45.6 Å². The minimum atomic E-state index is -1.34. The first-order valence-electron chi connectivity index (χ1n) is 13.8. The molecule has 9 nitrogen and oxygen atoms in total. The first kappa shape index (κ1) is 31.2. The number of carbonyl (C=O) groups is 2. The van der Waals surface area contributed by atoms with Crippen LogP contribution in [0.5, 0.6) is 0 Å². The van der Waals surface area contributed by atoms with Gasteiger partial charge in [0.15, 0.2) is 6.10 Å². The van der Waals surface area contributed by atoms with Crippen LogP contribution in [0.25, 0.3) is 11.3 Å². The van der Waals surface area contributed by atoms with Crippen LogP contribution in [0.4, 0.5) is 10.1 Å². The number of hydrogen-bond donors (Lipinski definition) is 2. The summed E-state index contributed by atoms with van der Waals surface area (Å²) in [6, 6.07) is 14.9. The van der Waals surface area contributed by atoms with Crippen LogP contribution in [0.2, 0.25) is 0 Å². The van der Waals surface area contributed by atoms with Gasteiger partial charge in [0.1, 0.15) is 5.82 Å². The van der Waals surface area contributed by atoms with Crippen LogP contribution in [0, 0.1) is 12.7 Å². The van der Waals surface area contributed by atoms with Gasteiger partial charge in [0.05, 0.1) is 11.4 Å². The molecule has 0 aliphatic heterocycles. The summed E-state index contributed by atoms with van der Waals surface area (Å²) in [4.78, 5) is 43.7. The van der Waals surface area contributed by atoms with E-state index in [2.05, 4.69) is 36.2 Å². The predicted molar refractivity (Wildman–Crippen MR) is 163 cm³/mol. The second-order valence-electron chi connectivity index (χ2n) is 11.8. The Morgan fingerprint density at radius 1 is 1.07 bits per heavy atom. The van der Waals surface area contributed by atoms with Gasteiger partial charge in [0.25, 0.3) is 17.4 Å². The number of aliphatic hydroxyl groups is 1. The summed E-state index contributed by atoms with van der Waals surface area (Å²) >= 11 is 0. The van der Waals surface area contributed by atoms with Gasteiger partial charge in [-0.3, -0.25) is 19.4 Å². The highest BCUT2D eigenvalue weighted by atomic mass is 19.1. The molecule has 0 bridgehead atoms. The maximum absolute atomic E-state index is 15.0. The standard InChI is InChI=1S/C33H36FN5O4/c1-19-25(14-15-26(34)28(19)36-30(41)20-8-11-23(12-9-20)33(2,3)4)27-17-22(31(42)39(7)37-27)16-24-13-10-21(18-35-24)29(40)32(43)38(5)6/h8-15,17-18,29,40H,16H2,1-7H3,(H,36,41)/t29-/m1/s1. The van der Waals surface area contributed by atoms with E-state index in [1.165, 1.54) is 28.9 Å². The van der Waals surface area contributed by atoms with E-state index in [4.69, 9.17) is 0 Å². The summed E-state index contributed by atoms with van der Waals surface area (Å²) in [5.41, 5.74) is 3.81. The fraction of sp³-hybridized carbons (Fsp3) is 0.303. The number of pyridine rings is 1. The topological polar surface area (TPSA) is 117 Å². The molecule has 0 spiro atoms. The summed E-state index contributed by atoms with van der Waals surface area (Å²) in [6.45, 7) is 7.93. The summed E-state index contributed by atoms with van der Waals surface area (Å²) in [5, 5.41) is 17.4. The third-order valence-corrected chi connectivity index (χ3v) is 7.29. The molecule has 4 rings (SSSR count). The molecular weight excluding hydrogens is 549 g/mol. The van der Waals surface area contributed by atoms with Crippen molar-refractivity contribution in [1.29, 1.82) is 0 Å². The van der Waals surface area contributed by atoms with Gasteiger partial charge in [0.2, 0.25) is 0 Å². The number of anilines is 1. The molecule has 0 aliphatic carbocycles. The number of rotatable bonds is 7. The van der Waals surface area contributed by atoms with Crippen LogP contribution in [0.3, 0.4) is 0 Å². The molecule has 224 valence electrons. The smallest absolute Gasteiger partial charge is 0.270 e. The van der Waals surface area contributed by atoms with E-state index < -0.39 is 23.7 Å². The van der Waals surface area contributed by atoms with E-state index in [1.54, 1.807) is 57.4 Å². The number of carbonyl (C=O) groups excluding carboxylic acids is 2. The molecule has 0 saturated heterocycles. The van der Waals surface area contributed by atoms with E-state index in [0.717, 1.165) is 5.56 Å². The van der Waals surface area contributed by atoms with Gasteiger partial charge in [-0.2, -0.15) is 5.10 Å². The van der Waals surface area contributed by atoms with Crippen LogP contribution in [-0.4, -0.2) is 50.7 Å². The molecular formula is C33H36FN5O4. The number of nitrogens with zero attached hydrogens (tertiary/aromatic N) is 4. The molecule has 0 saturated carbocycles. The van der Waals surface area contributed by atoms with Gasteiger partial charge < -0.3 is 15.3 Å². The van der Waals surface area contributed by atoms with Crippen LogP contribution < -0.4 is 10.9 Å². The molecule has 2 aromatic carbocycles. The Balaban J connectivity index is 1.62. The summed E-state index contributed by atoms with van der Waals surface area (Å²) in [6.07, 6.45) is 0.231. The number of nitrogens with one attached hydrogen (secondary N) is 1. The number of likely N-dealkylation sites (N-methyl/N-ethyl adjacent to an activating group) is 1. The number of aryl methyl sites for hydroxylation is 1. The quantitative estimate of drug-likeness (QED) is 0.329. The molecule has 2 heterocycles. The fourth-order valence-corrected chi connectivity index (χ4v) is 4.63. The van der Waals surface area contributed by atoms with E-state index in [1.807, 2.05) is 12.1 Å². The average Bonchev–Trinajstić information content (AvgIpc) is 2.96. The maximum Gasteiger partial charge on any atom is 0.270 e. The van der Waals surface area contributed by atoms with Crippen LogP contribution in [-0.2, 0) is 23.7 Å². The lowest BCUT2D eigenvalue weighted by atomic mass is 9.86. The first-order chi connectivity index (χ1) is 20.2. The van der Waals surface area contributed by atoms with Crippen molar-refractivity contribution >= 4 is 17.5 Å². The molecule has 1 atom stereocenters. The molecule has 4 aromatic rings. The van der Waals surface area contributed by atoms with Gasteiger partial charge in [-0.25, -0.2) is 9.07 Å². The minimum absolute atomic E-state index is 0.0303. The molecule has 43 heavy (non-hydrogen) atoms. The highest BCUT2D eigenvalue weighted by molar-refractivity contribution is 6.05. The number of halogens is 1. The Morgan fingerprint density at radius 2 is 1.74 bits per heavy atom. The zero-order valence-electron chi connectivity index (χ0n) is 25.4. The van der Waals surface area contributed by atoms with Gasteiger partial charge in [-0.05, 0) is 59.9 Å². The Morgan fingerprint density at radius 3 is 2.33 bits per heavy atom. The normalized spacial score (nSPS) is 12.1. The van der Waals surface area contributed by atoms with Crippen molar-refractivity contribution in [1.82, 2.24) is 19.7 Å². The zero-order chi connectivity index (χ0) is 31.6. The molecule has 2 aromatic heterocycles. The number of aliphatic hydroxyl groups excluding tert-OH is 1. The summed E-state index contributed by atoms with van der Waals surface area (Å²) < 4.78 is 16.2. The molecule has 0 fully saturated rings. The Bertz CT molecular complexity index is 1720. The molecule has 10 heteroatoms. The largest absolute Gasteiger partial charge is 0.378 e. The predicted octanol–water partition coefficient (Wildman–Crippen LogP) is 4.55. The van der Waals surface area contributed by atoms with Crippen LogP contribution >= 0.6 is 0 Å². The third-order valence-electron chi connectivity index (χ3n) is 7.29. The van der Waals surface area contributed by atoms with E-state index in [-0.39, 0.29) is 23.1 Å². The highest BCUT2D eigenvalue weighted by Crippen LogP contribution is 2.31. The molecule has 0 aliphatic rings. The SMILES string of the molecule is Cc1c(-c2cc(Cc3ccc([C@@H](O)C(=O)N(C)C)cn3)c(=O)n(C)n2)ccc(F)c1NC(=O)c1ccc(C(C)(C)C)cc1. The summed E-state index contributed by atoms with van der Waals surface area (Å²) in [5.74, 6) is -1.50. The maximum atomic E-state index is 15.0. The van der Waals surface area contributed by atoms with Gasteiger partial charge in [0, 0.05) is 61.7 Å². The van der Waals surface area contributed by atoms with E-state index in [0.29, 0.717) is 39.2 Å². The molecule has 2 N–H and O–H groups in total. The third kappa shape index (κ3) is 6.86. The first-order valence-corrected chi connectivity index (χ1v) is 13.8. The Hall–Kier alpha value is -4.70. The van der Waals surface area contributed by atoms with Gasteiger partial charge in [-0.15, -0.1) is 0 Å². The molecule has 0 unspecified atom stereocenters. The molecule has 2 amide bonds. The van der Waals surface area contributed by atoms with Crippen molar-refractivity contribution in [2.75, 3.05) is 19.4 Å². The van der Waals surface area contributed by atoms with Crippen molar-refractivity contribution in [2.24, 2.45) is 7.05 Å². The highest BCUT2D eigenvalue weighted by Gasteiger charge is 2.21. The van der Waals surface area contributed by atoms with Crippen LogP contribution in [0.15, 0.2) is 65.6 Å². The number of amides is 2. The van der Waals surface area contributed by atoms with Crippen molar-refractivity contribution in [3.63, 3.8) is 0 Å². The minimum Gasteiger partial charge on any atom is -0.378 e. The summed E-state index contributed by atoms with van der Waals surface area (Å²) in [7, 11) is 4.63. The Labute approximate surface area is 250 Å². The van der Waals surface area contributed by atoms with Gasteiger partial charge in [-0.1, -0.05) is 39.0 Å². The number of aromatic nitrogens is 3. The lowest BCUT2D eigenvalue weighted by Crippen LogP contribution is -2.28. The number of hydrogen-bond acceptors (Lipinski definition) is 6. The zero-order valence-corrected chi connectivity index (χ0v) is 25.4. The second kappa shape index (κ2) is 12.3. The molecule has 0 radical (unpaired) electrons. The number of benzene rings is 2. The second-order valence-corrected chi connectivity index (χ2v) is 11.8. The van der Waals surface area contributed by atoms with E-state index in [9.17, 15) is 23.9 Å². The fourth-order valence-electron chi connectivity index (χ4n) is 4.63. The van der Waals surface area contributed by atoms with Crippen LogP contribution in [0.1, 0.15) is 65.2 Å². The average molecular weight is 586 g/mol. The van der Waals surface area contributed by atoms with Gasteiger partial charge >= 0.3 is 0 Å². The van der Waals surface area contributed by atoms with Crippen molar-refractivity contribution in [3.8, 4) is 11.3 Å². The van der Waals surface area contributed by atoms with E-state index >= 15 is 0 Å². The van der Waals surface area contributed by atoms with Crippen molar-refractivity contribution < 1.29 is 19.1 Å². The monoisotopic (exact) mass is 585 g/mol. The lowest BCUT2D eigenvalue weighted by Gasteiger charge is -2.19.